The van der Waals surface area contributed by atoms with Crippen molar-refractivity contribution in [2.45, 2.75) is 19.4 Å². The van der Waals surface area contributed by atoms with Crippen LogP contribution in [0.25, 0.3) is 0 Å². The summed E-state index contributed by atoms with van der Waals surface area (Å²) >= 11 is 0. The molecule has 5 heteroatoms. The average Bonchev–Trinajstić information content (AvgIpc) is 2.42. The fraction of sp³-hybridized carbons (Fsp3) is 0.571. The molecule has 0 bridgehead atoms. The Labute approximate surface area is 114 Å². The van der Waals surface area contributed by atoms with Gasteiger partial charge in [-0.05, 0) is 19.1 Å². The Morgan fingerprint density at radius 3 is 2.37 bits per heavy atom. The summed E-state index contributed by atoms with van der Waals surface area (Å²) in [5.41, 5.74) is 0. The molecule has 19 heavy (non-hydrogen) atoms. The topological polar surface area (TPSA) is 64.5 Å². The van der Waals surface area contributed by atoms with Crippen LogP contribution in [0.5, 0.6) is 17.2 Å². The van der Waals surface area contributed by atoms with Crippen LogP contribution in [0.1, 0.15) is 13.3 Å². The second-order valence-corrected chi connectivity index (χ2v) is 4.36. The van der Waals surface area contributed by atoms with E-state index in [4.69, 9.17) is 19.3 Å². The minimum absolute atomic E-state index is 0.268. The molecule has 1 atom stereocenters. The van der Waals surface area contributed by atoms with E-state index in [0.29, 0.717) is 23.9 Å². The number of hydrogen-bond donors (Lipinski definition) is 2. The maximum Gasteiger partial charge on any atom is 0.203 e. The van der Waals surface area contributed by atoms with Crippen molar-refractivity contribution in [2.24, 2.45) is 0 Å². The predicted molar refractivity (Wildman–Crippen MR) is 73.0 cm³/mol. The first kappa shape index (κ1) is 15.6. The molecule has 0 amide bonds. The Hall–Kier alpha value is -1.46. The van der Waals surface area contributed by atoms with E-state index in [1.807, 2.05) is 18.2 Å². The monoisotopic (exact) mass is 270 g/mol. The van der Waals surface area contributed by atoms with Gasteiger partial charge in [0.05, 0.1) is 33.5 Å². The molecule has 0 unspecified atom stereocenters. The Kier molecular flexibility index (Phi) is 7.07. The van der Waals surface area contributed by atoms with E-state index < -0.39 is 0 Å². The first-order valence-corrected chi connectivity index (χ1v) is 6.52. The minimum Gasteiger partial charge on any atom is -0.493 e. The van der Waals surface area contributed by atoms with Crippen LogP contribution in [0.2, 0.25) is 0 Å². The molecule has 108 valence electrons. The van der Waals surface area contributed by atoms with Crippen molar-refractivity contribution in [1.29, 1.82) is 0 Å². The summed E-state index contributed by atoms with van der Waals surface area (Å²) in [6.45, 7) is 4.01. The smallest absolute Gasteiger partial charge is 0.203 e. The van der Waals surface area contributed by atoms with E-state index in [-0.39, 0.29) is 6.10 Å². The minimum atomic E-state index is -0.268. The Morgan fingerprint density at radius 2 is 1.84 bits per heavy atom. The van der Waals surface area contributed by atoms with Gasteiger partial charge < -0.3 is 24.6 Å². The number of para-hydroxylation sites is 1. The highest BCUT2D eigenvalue weighted by Gasteiger charge is 2.10. The summed E-state index contributed by atoms with van der Waals surface area (Å²) in [6, 6.07) is 5.55. The summed E-state index contributed by atoms with van der Waals surface area (Å²) < 4.78 is 16.2. The van der Waals surface area contributed by atoms with Gasteiger partial charge in [0.15, 0.2) is 11.5 Å². The van der Waals surface area contributed by atoms with Crippen molar-refractivity contribution in [3.8, 4) is 17.2 Å². The molecule has 0 aliphatic rings. The number of aliphatic hydroxyl groups excluding tert-OH is 1. The van der Waals surface area contributed by atoms with Crippen molar-refractivity contribution in [2.75, 3.05) is 33.9 Å². The Bertz CT molecular complexity index is 346. The summed E-state index contributed by atoms with van der Waals surface area (Å²) in [4.78, 5) is 0. The molecule has 0 saturated heterocycles. The first-order chi connectivity index (χ1) is 9.19. The fourth-order valence-corrected chi connectivity index (χ4v) is 1.72. The Morgan fingerprint density at radius 1 is 1.21 bits per heavy atom. The lowest BCUT2D eigenvalue weighted by atomic mass is 10.3. The molecule has 0 aliphatic carbocycles. The lowest BCUT2D eigenvalue weighted by Gasteiger charge is -2.13. The summed E-state index contributed by atoms with van der Waals surface area (Å²) in [5, 5.41) is 11.2. The quantitative estimate of drug-likeness (QED) is 0.638. The number of quaternary nitrogens is 1. The van der Waals surface area contributed by atoms with Gasteiger partial charge in [0, 0.05) is 6.42 Å². The van der Waals surface area contributed by atoms with Crippen LogP contribution < -0.4 is 19.5 Å². The number of ether oxygens (including phenoxy) is 3. The summed E-state index contributed by atoms with van der Waals surface area (Å²) in [5.74, 6) is 1.99. The summed E-state index contributed by atoms with van der Waals surface area (Å²) in [6.07, 6.45) is 0.628. The highest BCUT2D eigenvalue weighted by molar-refractivity contribution is 5.51. The van der Waals surface area contributed by atoms with Crippen LogP contribution in [0, 0.1) is 0 Å². The van der Waals surface area contributed by atoms with Gasteiger partial charge in [0.2, 0.25) is 5.75 Å². The first-order valence-electron chi connectivity index (χ1n) is 6.52. The molecule has 0 spiro atoms. The molecule has 3 N–H and O–H groups in total. The van der Waals surface area contributed by atoms with E-state index in [0.717, 1.165) is 19.5 Å². The van der Waals surface area contributed by atoms with E-state index in [9.17, 15) is 0 Å². The maximum atomic E-state index is 9.13. The van der Waals surface area contributed by atoms with Crippen molar-refractivity contribution in [3.63, 3.8) is 0 Å². The van der Waals surface area contributed by atoms with Crippen molar-refractivity contribution >= 4 is 0 Å². The van der Waals surface area contributed by atoms with Crippen LogP contribution in [0.15, 0.2) is 18.2 Å². The number of methoxy groups -OCH3 is 2. The third-order valence-corrected chi connectivity index (χ3v) is 2.69. The number of nitrogens with two attached hydrogens (primary N) is 1. The highest BCUT2D eigenvalue weighted by Crippen LogP contribution is 2.36. The Balaban J connectivity index is 2.40. The van der Waals surface area contributed by atoms with E-state index in [1.165, 1.54) is 0 Å². The largest absolute Gasteiger partial charge is 0.493 e. The maximum absolute atomic E-state index is 9.13. The van der Waals surface area contributed by atoms with Crippen LogP contribution >= 0.6 is 0 Å². The molecule has 5 nitrogen and oxygen atoms in total. The number of rotatable bonds is 9. The van der Waals surface area contributed by atoms with Crippen LogP contribution in [0.4, 0.5) is 0 Å². The van der Waals surface area contributed by atoms with Crippen molar-refractivity contribution in [1.82, 2.24) is 0 Å². The van der Waals surface area contributed by atoms with Crippen molar-refractivity contribution < 1.29 is 24.6 Å². The van der Waals surface area contributed by atoms with Crippen LogP contribution in [-0.4, -0.2) is 45.1 Å². The van der Waals surface area contributed by atoms with Gasteiger partial charge in [0.25, 0.3) is 0 Å². The number of hydrogen-bond acceptors (Lipinski definition) is 4. The zero-order valence-corrected chi connectivity index (χ0v) is 11.9. The fourth-order valence-electron chi connectivity index (χ4n) is 1.72. The normalized spacial score (nSPS) is 12.0. The molecule has 0 aromatic heterocycles. The van der Waals surface area contributed by atoms with Gasteiger partial charge in [-0.2, -0.15) is 0 Å². The van der Waals surface area contributed by atoms with Gasteiger partial charge in [-0.25, -0.2) is 0 Å². The van der Waals surface area contributed by atoms with Gasteiger partial charge in [-0.15, -0.1) is 0 Å². The molecule has 0 aliphatic heterocycles. The van der Waals surface area contributed by atoms with Crippen LogP contribution in [0.3, 0.4) is 0 Å². The van der Waals surface area contributed by atoms with Gasteiger partial charge in [0.1, 0.15) is 6.54 Å². The second-order valence-electron chi connectivity index (χ2n) is 4.36. The molecule has 0 radical (unpaired) electrons. The highest BCUT2D eigenvalue weighted by atomic mass is 16.5. The van der Waals surface area contributed by atoms with Gasteiger partial charge >= 0.3 is 0 Å². The summed E-state index contributed by atoms with van der Waals surface area (Å²) in [7, 11) is 3.22. The van der Waals surface area contributed by atoms with Crippen molar-refractivity contribution in [3.05, 3.63) is 18.2 Å². The SMILES string of the molecule is COc1cccc(OC)c1OCCC[NH2+]C[C@@H](C)O. The lowest BCUT2D eigenvalue weighted by molar-refractivity contribution is -0.660. The number of benzene rings is 1. The molecular weight excluding hydrogens is 246 g/mol. The molecular formula is C14H24NO4+. The standard InChI is InChI=1S/C14H23NO4/c1-11(16)10-15-8-5-9-19-14-12(17-2)6-4-7-13(14)18-3/h4,6-7,11,15-16H,5,8-10H2,1-3H3/p+1/t11-/m1/s1. The molecule has 0 fully saturated rings. The zero-order chi connectivity index (χ0) is 14.1. The van der Waals surface area contributed by atoms with Gasteiger partial charge in [-0.3, -0.25) is 0 Å². The van der Waals surface area contributed by atoms with E-state index in [2.05, 4.69) is 5.32 Å². The van der Waals surface area contributed by atoms with E-state index >= 15 is 0 Å². The van der Waals surface area contributed by atoms with E-state index in [1.54, 1.807) is 21.1 Å². The predicted octanol–water partition coefficient (Wildman–Crippen LogP) is 0.417. The molecule has 0 saturated carbocycles. The molecule has 1 aromatic carbocycles. The third-order valence-electron chi connectivity index (χ3n) is 2.69. The third kappa shape index (κ3) is 5.36. The molecule has 1 aromatic rings. The second kappa shape index (κ2) is 8.61. The van der Waals surface area contributed by atoms with Crippen LogP contribution in [-0.2, 0) is 0 Å². The average molecular weight is 270 g/mol. The zero-order valence-electron chi connectivity index (χ0n) is 11.9. The molecule has 0 heterocycles. The van der Waals surface area contributed by atoms with Gasteiger partial charge in [-0.1, -0.05) is 6.07 Å². The molecule has 1 rings (SSSR count). The number of aliphatic hydroxyl groups is 1. The lowest BCUT2D eigenvalue weighted by Crippen LogP contribution is -2.86.